The molecule has 82 valence electrons. The molecule has 0 spiro atoms. The molecular weight excluding hydrogens is 186 g/mol. The zero-order valence-electron chi connectivity index (χ0n) is 9.32. The van der Waals surface area contributed by atoms with Crippen molar-refractivity contribution in [2.45, 2.75) is 38.8 Å². The Morgan fingerprint density at radius 2 is 2.27 bits per heavy atom. The fraction of sp³-hybridized carbons (Fsp3) is 0.583. The van der Waals surface area contributed by atoms with Gasteiger partial charge >= 0.3 is 0 Å². The topological polar surface area (TPSA) is 42.1 Å². The van der Waals surface area contributed by atoms with Gasteiger partial charge in [0.05, 0.1) is 5.69 Å². The molecule has 3 nitrogen and oxygen atoms in total. The summed E-state index contributed by atoms with van der Waals surface area (Å²) in [6.45, 7) is 3.84. The zero-order chi connectivity index (χ0) is 10.7. The molecule has 1 aliphatic rings. The number of aromatic nitrogens is 1. The Hall–Kier alpha value is -1.09. The van der Waals surface area contributed by atoms with Crippen LogP contribution in [0.1, 0.15) is 31.9 Å². The van der Waals surface area contributed by atoms with E-state index in [9.17, 15) is 0 Å². The van der Waals surface area contributed by atoms with Gasteiger partial charge in [-0.05, 0) is 31.4 Å². The number of nitrogens with zero attached hydrogens (tertiary/aromatic N) is 2. The van der Waals surface area contributed by atoms with E-state index in [0.29, 0.717) is 6.54 Å². The number of pyridine rings is 1. The van der Waals surface area contributed by atoms with Gasteiger partial charge in [0.25, 0.3) is 0 Å². The number of hydrogen-bond acceptors (Lipinski definition) is 3. The van der Waals surface area contributed by atoms with Crippen molar-refractivity contribution in [2.24, 2.45) is 5.73 Å². The van der Waals surface area contributed by atoms with Gasteiger partial charge in [-0.1, -0.05) is 13.0 Å². The van der Waals surface area contributed by atoms with Gasteiger partial charge < -0.3 is 10.6 Å². The second-order valence-electron chi connectivity index (χ2n) is 4.12. The summed E-state index contributed by atoms with van der Waals surface area (Å²) < 4.78 is 0. The van der Waals surface area contributed by atoms with Crippen LogP contribution in [0.3, 0.4) is 0 Å². The number of rotatable bonds is 5. The SMILES string of the molecule is CCCN(c1cccc(CN)n1)C1CC1. The lowest BCUT2D eigenvalue weighted by Gasteiger charge is -2.23. The molecule has 3 heteroatoms. The number of anilines is 1. The van der Waals surface area contributed by atoms with E-state index in [4.69, 9.17) is 5.73 Å². The van der Waals surface area contributed by atoms with Crippen molar-refractivity contribution in [3.05, 3.63) is 23.9 Å². The Morgan fingerprint density at radius 1 is 1.47 bits per heavy atom. The van der Waals surface area contributed by atoms with Crippen LogP contribution in [0.15, 0.2) is 18.2 Å². The van der Waals surface area contributed by atoms with Crippen LogP contribution < -0.4 is 10.6 Å². The first-order valence-corrected chi connectivity index (χ1v) is 5.77. The normalized spacial score (nSPS) is 15.3. The minimum absolute atomic E-state index is 0.526. The predicted molar refractivity (Wildman–Crippen MR) is 62.8 cm³/mol. The Balaban J connectivity index is 2.16. The largest absolute Gasteiger partial charge is 0.354 e. The van der Waals surface area contributed by atoms with Crippen LogP contribution in [0, 0.1) is 0 Å². The highest BCUT2D eigenvalue weighted by atomic mass is 15.2. The molecule has 1 aromatic rings. The van der Waals surface area contributed by atoms with E-state index < -0.39 is 0 Å². The average Bonchev–Trinajstić information content (AvgIpc) is 3.10. The van der Waals surface area contributed by atoms with Crippen molar-refractivity contribution >= 4 is 5.82 Å². The highest BCUT2D eigenvalue weighted by molar-refractivity contribution is 5.42. The van der Waals surface area contributed by atoms with Crippen LogP contribution in [0.4, 0.5) is 5.82 Å². The minimum atomic E-state index is 0.526. The Labute approximate surface area is 91.3 Å². The summed E-state index contributed by atoms with van der Waals surface area (Å²) in [6, 6.07) is 6.86. The van der Waals surface area contributed by atoms with Crippen molar-refractivity contribution in [1.82, 2.24) is 4.98 Å². The highest BCUT2D eigenvalue weighted by Gasteiger charge is 2.29. The van der Waals surface area contributed by atoms with Crippen LogP contribution in [0.2, 0.25) is 0 Å². The van der Waals surface area contributed by atoms with Gasteiger partial charge in [-0.2, -0.15) is 0 Å². The summed E-state index contributed by atoms with van der Waals surface area (Å²) in [5, 5.41) is 0. The summed E-state index contributed by atoms with van der Waals surface area (Å²) >= 11 is 0. The van der Waals surface area contributed by atoms with Crippen LogP contribution in [0.25, 0.3) is 0 Å². The highest BCUT2D eigenvalue weighted by Crippen LogP contribution is 2.30. The summed E-state index contributed by atoms with van der Waals surface area (Å²) in [5.74, 6) is 1.10. The fourth-order valence-corrected chi connectivity index (χ4v) is 1.85. The monoisotopic (exact) mass is 205 g/mol. The van der Waals surface area contributed by atoms with Crippen molar-refractivity contribution < 1.29 is 0 Å². The molecule has 0 unspecified atom stereocenters. The van der Waals surface area contributed by atoms with Crippen LogP contribution in [-0.2, 0) is 6.54 Å². The molecule has 0 aromatic carbocycles. The van der Waals surface area contributed by atoms with Gasteiger partial charge in [0, 0.05) is 19.1 Å². The van der Waals surface area contributed by atoms with Crippen LogP contribution in [0.5, 0.6) is 0 Å². The lowest BCUT2D eigenvalue weighted by molar-refractivity contribution is 0.746. The molecular formula is C12H19N3. The Bertz CT molecular complexity index is 320. The minimum Gasteiger partial charge on any atom is -0.354 e. The zero-order valence-corrected chi connectivity index (χ0v) is 9.32. The molecule has 0 bridgehead atoms. The number of hydrogen-bond donors (Lipinski definition) is 1. The molecule has 0 amide bonds. The summed E-state index contributed by atoms with van der Waals surface area (Å²) in [6.07, 6.45) is 3.80. The maximum absolute atomic E-state index is 5.60. The molecule has 2 N–H and O–H groups in total. The first kappa shape index (κ1) is 10.4. The fourth-order valence-electron chi connectivity index (χ4n) is 1.85. The molecule has 1 fully saturated rings. The second kappa shape index (κ2) is 4.62. The van der Waals surface area contributed by atoms with Gasteiger partial charge in [-0.15, -0.1) is 0 Å². The van der Waals surface area contributed by atoms with E-state index in [1.54, 1.807) is 0 Å². The molecule has 2 rings (SSSR count). The van der Waals surface area contributed by atoms with Gasteiger partial charge in [-0.3, -0.25) is 0 Å². The molecule has 1 aromatic heterocycles. The Kier molecular flexibility index (Phi) is 3.21. The molecule has 0 aliphatic heterocycles. The number of nitrogens with two attached hydrogens (primary N) is 1. The third-order valence-corrected chi connectivity index (χ3v) is 2.75. The van der Waals surface area contributed by atoms with Gasteiger partial charge in [-0.25, -0.2) is 4.98 Å². The van der Waals surface area contributed by atoms with E-state index >= 15 is 0 Å². The van der Waals surface area contributed by atoms with E-state index in [1.165, 1.54) is 19.3 Å². The summed E-state index contributed by atoms with van der Waals surface area (Å²) in [7, 11) is 0. The Morgan fingerprint density at radius 3 is 2.87 bits per heavy atom. The molecule has 0 radical (unpaired) electrons. The van der Waals surface area contributed by atoms with E-state index in [-0.39, 0.29) is 0 Å². The second-order valence-corrected chi connectivity index (χ2v) is 4.12. The summed E-state index contributed by atoms with van der Waals surface area (Å²) in [5.41, 5.74) is 6.58. The summed E-state index contributed by atoms with van der Waals surface area (Å²) in [4.78, 5) is 6.99. The van der Waals surface area contributed by atoms with Crippen molar-refractivity contribution in [3.8, 4) is 0 Å². The van der Waals surface area contributed by atoms with Gasteiger partial charge in [0.1, 0.15) is 5.82 Å². The van der Waals surface area contributed by atoms with Gasteiger partial charge in [0.2, 0.25) is 0 Å². The van der Waals surface area contributed by atoms with E-state index in [1.807, 2.05) is 6.07 Å². The molecule has 1 heterocycles. The van der Waals surface area contributed by atoms with Crippen molar-refractivity contribution in [3.63, 3.8) is 0 Å². The van der Waals surface area contributed by atoms with E-state index in [2.05, 4.69) is 28.9 Å². The van der Waals surface area contributed by atoms with E-state index in [0.717, 1.165) is 24.1 Å². The van der Waals surface area contributed by atoms with Crippen molar-refractivity contribution in [2.75, 3.05) is 11.4 Å². The standard InChI is InChI=1S/C12H19N3/c1-2-8-15(11-6-7-11)12-5-3-4-10(9-13)14-12/h3-5,11H,2,6-9,13H2,1H3. The third kappa shape index (κ3) is 2.48. The predicted octanol–water partition coefficient (Wildman–Crippen LogP) is 1.92. The lowest BCUT2D eigenvalue weighted by Crippen LogP contribution is -2.27. The van der Waals surface area contributed by atoms with Crippen LogP contribution in [-0.4, -0.2) is 17.6 Å². The molecule has 0 atom stereocenters. The first-order valence-electron chi connectivity index (χ1n) is 5.77. The lowest BCUT2D eigenvalue weighted by atomic mass is 10.3. The quantitative estimate of drug-likeness (QED) is 0.798. The van der Waals surface area contributed by atoms with Crippen molar-refractivity contribution in [1.29, 1.82) is 0 Å². The molecule has 1 saturated carbocycles. The van der Waals surface area contributed by atoms with Gasteiger partial charge in [0.15, 0.2) is 0 Å². The maximum atomic E-state index is 5.60. The molecule has 15 heavy (non-hydrogen) atoms. The third-order valence-electron chi connectivity index (χ3n) is 2.75. The molecule has 0 saturated heterocycles. The smallest absolute Gasteiger partial charge is 0.129 e. The first-order chi connectivity index (χ1) is 7.35. The maximum Gasteiger partial charge on any atom is 0.129 e. The molecule has 1 aliphatic carbocycles. The average molecular weight is 205 g/mol. The van der Waals surface area contributed by atoms with Crippen LogP contribution >= 0.6 is 0 Å².